The molecule has 1 atom stereocenters. The number of amides is 1. The van der Waals surface area contributed by atoms with Gasteiger partial charge in [0.15, 0.2) is 0 Å². The van der Waals surface area contributed by atoms with Gasteiger partial charge in [-0.25, -0.2) is 4.79 Å². The maximum Gasteiger partial charge on any atom is 0.410 e. The van der Waals surface area contributed by atoms with Crippen molar-refractivity contribution in [3.05, 3.63) is 0 Å². The Morgan fingerprint density at radius 1 is 1.26 bits per heavy atom. The fourth-order valence-electron chi connectivity index (χ4n) is 3.03. The largest absolute Gasteiger partial charge is 0.444 e. The molecule has 0 radical (unpaired) electrons. The number of hydrogen-bond donors (Lipinski definition) is 1. The van der Waals surface area contributed by atoms with Gasteiger partial charge in [-0.3, -0.25) is 0 Å². The second-order valence-corrected chi connectivity index (χ2v) is 7.85. The Kier molecular flexibility index (Phi) is 6.68. The first kappa shape index (κ1) is 18.5. The van der Waals surface area contributed by atoms with Gasteiger partial charge in [0.05, 0.1) is 13.2 Å². The summed E-state index contributed by atoms with van der Waals surface area (Å²) in [4.78, 5) is 16.4. The van der Waals surface area contributed by atoms with E-state index in [0.29, 0.717) is 26.3 Å². The number of carbonyl (C=O) groups excluding carboxylic acids is 1. The van der Waals surface area contributed by atoms with E-state index in [2.05, 4.69) is 17.3 Å². The first-order valence-electron chi connectivity index (χ1n) is 8.81. The Labute approximate surface area is 140 Å². The topological polar surface area (TPSA) is 54.0 Å². The third kappa shape index (κ3) is 6.65. The van der Waals surface area contributed by atoms with E-state index in [4.69, 9.17) is 9.47 Å². The van der Waals surface area contributed by atoms with Crippen LogP contribution in [0.1, 0.15) is 33.6 Å². The number of nitrogens with one attached hydrogen (secondary N) is 1. The molecule has 0 aromatic carbocycles. The van der Waals surface area contributed by atoms with Crippen molar-refractivity contribution < 1.29 is 14.3 Å². The standard InChI is InChI=1S/C17H33N3O3/c1-17(2,3)23-16(21)20-9-10-22-13-15(12-20)18-11-14-5-7-19(4)8-6-14/h14-15,18H,5-13H2,1-4H3/t15-/m0/s1. The molecule has 0 unspecified atom stereocenters. The van der Waals surface area contributed by atoms with Crippen LogP contribution < -0.4 is 5.32 Å². The van der Waals surface area contributed by atoms with Crippen LogP contribution in [0.25, 0.3) is 0 Å². The highest BCUT2D eigenvalue weighted by Gasteiger charge is 2.27. The van der Waals surface area contributed by atoms with Crippen molar-refractivity contribution in [2.24, 2.45) is 5.92 Å². The van der Waals surface area contributed by atoms with E-state index < -0.39 is 5.60 Å². The van der Waals surface area contributed by atoms with Crippen molar-refractivity contribution in [2.75, 3.05) is 53.0 Å². The molecule has 0 saturated carbocycles. The number of rotatable bonds is 3. The molecule has 6 heteroatoms. The zero-order valence-electron chi connectivity index (χ0n) is 15.1. The summed E-state index contributed by atoms with van der Waals surface area (Å²) in [5, 5.41) is 3.60. The van der Waals surface area contributed by atoms with Crippen LogP contribution in [0.2, 0.25) is 0 Å². The van der Waals surface area contributed by atoms with Gasteiger partial charge in [0.2, 0.25) is 0 Å². The lowest BCUT2D eigenvalue weighted by Crippen LogP contribution is -2.47. The van der Waals surface area contributed by atoms with E-state index in [0.717, 1.165) is 12.5 Å². The first-order chi connectivity index (χ1) is 10.8. The second-order valence-electron chi connectivity index (χ2n) is 7.85. The summed E-state index contributed by atoms with van der Waals surface area (Å²) in [7, 11) is 2.18. The van der Waals surface area contributed by atoms with Gasteiger partial charge < -0.3 is 24.6 Å². The van der Waals surface area contributed by atoms with Crippen LogP contribution in [0.15, 0.2) is 0 Å². The predicted octanol–water partition coefficient (Wildman–Crippen LogP) is 1.55. The van der Waals surface area contributed by atoms with Crippen molar-refractivity contribution in [2.45, 2.75) is 45.3 Å². The normalized spacial score (nSPS) is 25.2. The first-order valence-corrected chi connectivity index (χ1v) is 8.81. The quantitative estimate of drug-likeness (QED) is 0.852. The molecule has 2 rings (SSSR count). The molecule has 0 aliphatic carbocycles. The molecule has 23 heavy (non-hydrogen) atoms. The van der Waals surface area contributed by atoms with Gasteiger partial charge in [-0.15, -0.1) is 0 Å². The molecular weight excluding hydrogens is 294 g/mol. The summed E-state index contributed by atoms with van der Waals surface area (Å²) in [5.74, 6) is 0.726. The van der Waals surface area contributed by atoms with E-state index in [1.54, 1.807) is 4.90 Å². The van der Waals surface area contributed by atoms with Crippen molar-refractivity contribution in [3.8, 4) is 0 Å². The van der Waals surface area contributed by atoms with Gasteiger partial charge in [0.1, 0.15) is 5.60 Å². The van der Waals surface area contributed by atoms with Gasteiger partial charge in [-0.2, -0.15) is 0 Å². The summed E-state index contributed by atoms with van der Waals surface area (Å²) in [6, 6.07) is 0.185. The average Bonchev–Trinajstić information content (AvgIpc) is 2.70. The van der Waals surface area contributed by atoms with Crippen LogP contribution in [0.5, 0.6) is 0 Å². The monoisotopic (exact) mass is 327 g/mol. The molecule has 0 spiro atoms. The van der Waals surface area contributed by atoms with Gasteiger partial charge in [-0.05, 0) is 66.2 Å². The third-order valence-electron chi connectivity index (χ3n) is 4.45. The van der Waals surface area contributed by atoms with E-state index in [-0.39, 0.29) is 12.1 Å². The molecule has 0 bridgehead atoms. The lowest BCUT2D eigenvalue weighted by Gasteiger charge is -2.31. The second kappa shape index (κ2) is 8.31. The summed E-state index contributed by atoms with van der Waals surface area (Å²) in [6.07, 6.45) is 2.24. The molecule has 0 aromatic heterocycles. The molecule has 1 amide bonds. The Balaban J connectivity index is 1.78. The zero-order chi connectivity index (χ0) is 16.9. The third-order valence-corrected chi connectivity index (χ3v) is 4.45. The van der Waals surface area contributed by atoms with E-state index in [1.165, 1.54) is 25.9 Å². The summed E-state index contributed by atoms with van der Waals surface area (Å²) in [5.41, 5.74) is -0.457. The maximum atomic E-state index is 12.3. The smallest absolute Gasteiger partial charge is 0.410 e. The van der Waals surface area contributed by atoms with Gasteiger partial charge in [0, 0.05) is 19.1 Å². The fraction of sp³-hybridized carbons (Fsp3) is 0.941. The number of piperidine rings is 1. The highest BCUT2D eigenvalue weighted by Crippen LogP contribution is 2.16. The van der Waals surface area contributed by atoms with Crippen LogP contribution >= 0.6 is 0 Å². The molecule has 6 nitrogen and oxygen atoms in total. The van der Waals surface area contributed by atoms with Gasteiger partial charge >= 0.3 is 6.09 Å². The van der Waals surface area contributed by atoms with Crippen LogP contribution in [-0.2, 0) is 9.47 Å². The highest BCUT2D eigenvalue weighted by atomic mass is 16.6. The summed E-state index contributed by atoms with van der Waals surface area (Å²) in [6.45, 7) is 11.5. The Morgan fingerprint density at radius 2 is 1.96 bits per heavy atom. The number of carbonyl (C=O) groups is 1. The number of nitrogens with zero attached hydrogens (tertiary/aromatic N) is 2. The minimum atomic E-state index is -0.457. The number of likely N-dealkylation sites (tertiary alicyclic amines) is 1. The summed E-state index contributed by atoms with van der Waals surface area (Å²) >= 11 is 0. The molecule has 134 valence electrons. The fourth-order valence-corrected chi connectivity index (χ4v) is 3.03. The minimum absolute atomic E-state index is 0.185. The zero-order valence-corrected chi connectivity index (χ0v) is 15.1. The Morgan fingerprint density at radius 3 is 2.61 bits per heavy atom. The molecule has 2 fully saturated rings. The highest BCUT2D eigenvalue weighted by molar-refractivity contribution is 5.68. The molecule has 1 N–H and O–H groups in total. The van der Waals surface area contributed by atoms with E-state index in [9.17, 15) is 4.79 Å². The van der Waals surface area contributed by atoms with Crippen molar-refractivity contribution in [1.29, 1.82) is 0 Å². The lowest BCUT2D eigenvalue weighted by atomic mass is 9.97. The van der Waals surface area contributed by atoms with Crippen molar-refractivity contribution in [3.63, 3.8) is 0 Å². The number of ether oxygens (including phenoxy) is 2. The average molecular weight is 327 g/mol. The van der Waals surface area contributed by atoms with Crippen LogP contribution in [0, 0.1) is 5.92 Å². The van der Waals surface area contributed by atoms with E-state index >= 15 is 0 Å². The van der Waals surface area contributed by atoms with E-state index in [1.807, 2.05) is 20.8 Å². The summed E-state index contributed by atoms with van der Waals surface area (Å²) < 4.78 is 11.1. The van der Waals surface area contributed by atoms with Gasteiger partial charge in [0.25, 0.3) is 0 Å². The van der Waals surface area contributed by atoms with Crippen molar-refractivity contribution >= 4 is 6.09 Å². The van der Waals surface area contributed by atoms with Crippen LogP contribution in [-0.4, -0.2) is 80.5 Å². The lowest BCUT2D eigenvalue weighted by molar-refractivity contribution is 0.0238. The Bertz CT molecular complexity index is 376. The molecule has 2 aliphatic rings. The molecule has 2 aliphatic heterocycles. The molecular formula is C17H33N3O3. The minimum Gasteiger partial charge on any atom is -0.444 e. The molecule has 0 aromatic rings. The van der Waals surface area contributed by atoms with Crippen LogP contribution in [0.4, 0.5) is 4.79 Å². The number of hydrogen-bond acceptors (Lipinski definition) is 5. The molecule has 2 saturated heterocycles. The van der Waals surface area contributed by atoms with Crippen LogP contribution in [0.3, 0.4) is 0 Å². The Hall–Kier alpha value is -0.850. The van der Waals surface area contributed by atoms with Crippen molar-refractivity contribution in [1.82, 2.24) is 15.1 Å². The SMILES string of the molecule is CN1CCC(CN[C@@H]2COCCN(C(=O)OC(C)(C)C)C2)CC1. The predicted molar refractivity (Wildman–Crippen MR) is 90.6 cm³/mol. The molecule has 2 heterocycles. The maximum absolute atomic E-state index is 12.3. The van der Waals surface area contributed by atoms with Gasteiger partial charge in [-0.1, -0.05) is 0 Å².